The van der Waals surface area contributed by atoms with Crippen molar-refractivity contribution < 1.29 is 19.4 Å². The molecule has 0 bridgehead atoms. The Labute approximate surface area is 171 Å². The van der Waals surface area contributed by atoms with Gasteiger partial charge in [-0.3, -0.25) is 9.59 Å². The van der Waals surface area contributed by atoms with Crippen molar-refractivity contribution in [1.82, 2.24) is 0 Å². The number of rotatable bonds is 8. The predicted octanol–water partition coefficient (Wildman–Crippen LogP) is 6.52. The number of benzene rings is 1. The van der Waals surface area contributed by atoms with E-state index < -0.39 is 0 Å². The van der Waals surface area contributed by atoms with Crippen molar-refractivity contribution in [1.29, 1.82) is 0 Å². The zero-order valence-electron chi connectivity index (χ0n) is 18.5. The Kier molecular flexibility index (Phi) is 14.1. The highest BCUT2D eigenvalue weighted by molar-refractivity contribution is 5.73. The fourth-order valence-corrected chi connectivity index (χ4v) is 3.85. The SMILES string of the molecule is CC.CCCC(CC)c1ccc(CC(=O)OC2(CC)CCCC2)cc1.O=CO. The van der Waals surface area contributed by atoms with Crippen LogP contribution >= 0.6 is 0 Å². The molecule has 1 aromatic rings. The summed E-state index contributed by atoms with van der Waals surface area (Å²) in [5.74, 6) is 0.574. The maximum absolute atomic E-state index is 12.3. The Balaban J connectivity index is 0.00000133. The van der Waals surface area contributed by atoms with Gasteiger partial charge in [0.05, 0.1) is 6.42 Å². The fraction of sp³-hybridized carbons (Fsp3) is 0.667. The molecule has 1 aliphatic rings. The van der Waals surface area contributed by atoms with Crippen LogP contribution in [0.4, 0.5) is 0 Å². The molecule has 4 heteroatoms. The second-order valence-corrected chi connectivity index (χ2v) is 7.14. The first-order valence-corrected chi connectivity index (χ1v) is 10.9. The van der Waals surface area contributed by atoms with Gasteiger partial charge in [0, 0.05) is 0 Å². The maximum Gasteiger partial charge on any atom is 0.310 e. The first kappa shape index (κ1) is 26.2. The summed E-state index contributed by atoms with van der Waals surface area (Å²) in [5.41, 5.74) is 2.28. The number of carboxylic acid groups (broad SMARTS) is 1. The highest BCUT2D eigenvalue weighted by atomic mass is 16.6. The van der Waals surface area contributed by atoms with E-state index in [-0.39, 0.29) is 18.0 Å². The molecule has 1 fully saturated rings. The number of hydrogen-bond acceptors (Lipinski definition) is 3. The molecule has 28 heavy (non-hydrogen) atoms. The van der Waals surface area contributed by atoms with Crippen LogP contribution in [0.15, 0.2) is 24.3 Å². The molecule has 1 unspecified atom stereocenters. The normalized spacial score (nSPS) is 15.3. The van der Waals surface area contributed by atoms with E-state index in [0.29, 0.717) is 12.3 Å². The van der Waals surface area contributed by atoms with E-state index in [1.165, 1.54) is 37.7 Å². The van der Waals surface area contributed by atoms with Gasteiger partial charge >= 0.3 is 5.97 Å². The van der Waals surface area contributed by atoms with Gasteiger partial charge in [0.2, 0.25) is 0 Å². The Morgan fingerprint density at radius 3 is 2.11 bits per heavy atom. The summed E-state index contributed by atoms with van der Waals surface area (Å²) in [6.07, 6.45) is 9.39. The van der Waals surface area contributed by atoms with Crippen LogP contribution in [0, 0.1) is 0 Å². The summed E-state index contributed by atoms with van der Waals surface area (Å²) >= 11 is 0. The minimum absolute atomic E-state index is 0.0675. The minimum atomic E-state index is -0.250. The largest absolute Gasteiger partial charge is 0.483 e. The molecule has 0 saturated heterocycles. The zero-order chi connectivity index (χ0) is 21.4. The highest BCUT2D eigenvalue weighted by Gasteiger charge is 2.35. The third-order valence-corrected chi connectivity index (χ3v) is 5.42. The van der Waals surface area contributed by atoms with Gasteiger partial charge in [0.1, 0.15) is 5.60 Å². The molecule has 1 atom stereocenters. The molecule has 0 aromatic heterocycles. The standard InChI is InChI=1S/C21H32O2.C2H6.CH2O2/c1-4-9-18(5-2)19-12-10-17(11-13-19)16-20(22)23-21(6-3)14-7-8-15-21;1-2;2-1-3/h10-13,18H,4-9,14-16H2,1-3H3;1-2H3;1H,(H,2,3). The summed E-state index contributed by atoms with van der Waals surface area (Å²) < 4.78 is 5.85. The lowest BCUT2D eigenvalue weighted by molar-refractivity contribution is -0.158. The van der Waals surface area contributed by atoms with Crippen LogP contribution in [0.3, 0.4) is 0 Å². The molecule has 0 aliphatic heterocycles. The Morgan fingerprint density at radius 1 is 1.14 bits per heavy atom. The van der Waals surface area contributed by atoms with Crippen molar-refractivity contribution in [3.63, 3.8) is 0 Å². The molecule has 2 rings (SSSR count). The summed E-state index contributed by atoms with van der Waals surface area (Å²) in [6, 6.07) is 8.58. The van der Waals surface area contributed by atoms with E-state index in [0.717, 1.165) is 24.8 Å². The van der Waals surface area contributed by atoms with Crippen LogP contribution < -0.4 is 0 Å². The van der Waals surface area contributed by atoms with Crippen molar-refractivity contribution in [2.75, 3.05) is 0 Å². The van der Waals surface area contributed by atoms with E-state index >= 15 is 0 Å². The third kappa shape index (κ3) is 8.90. The molecular weight excluding hydrogens is 352 g/mol. The lowest BCUT2D eigenvalue weighted by Crippen LogP contribution is -2.31. The first-order valence-electron chi connectivity index (χ1n) is 10.9. The van der Waals surface area contributed by atoms with Crippen LogP contribution in [0.5, 0.6) is 0 Å². The number of carbonyl (C=O) groups is 2. The summed E-state index contributed by atoms with van der Waals surface area (Å²) in [6.45, 7) is 10.4. The van der Waals surface area contributed by atoms with Crippen molar-refractivity contribution in [3.05, 3.63) is 35.4 Å². The summed E-state index contributed by atoms with van der Waals surface area (Å²) in [4.78, 5) is 20.6. The molecule has 4 nitrogen and oxygen atoms in total. The van der Waals surface area contributed by atoms with E-state index in [9.17, 15) is 4.79 Å². The fourth-order valence-electron chi connectivity index (χ4n) is 3.85. The van der Waals surface area contributed by atoms with E-state index in [1.807, 2.05) is 13.8 Å². The van der Waals surface area contributed by atoms with Crippen LogP contribution in [0.1, 0.15) is 103 Å². The van der Waals surface area contributed by atoms with Gasteiger partial charge in [0.25, 0.3) is 6.47 Å². The van der Waals surface area contributed by atoms with E-state index in [4.69, 9.17) is 14.6 Å². The van der Waals surface area contributed by atoms with Gasteiger partial charge in [0.15, 0.2) is 0 Å². The average Bonchev–Trinajstić information content (AvgIpc) is 3.18. The van der Waals surface area contributed by atoms with Gasteiger partial charge in [-0.1, -0.05) is 65.3 Å². The van der Waals surface area contributed by atoms with E-state index in [1.54, 1.807) is 0 Å². The van der Waals surface area contributed by atoms with Gasteiger partial charge < -0.3 is 9.84 Å². The third-order valence-electron chi connectivity index (χ3n) is 5.42. The van der Waals surface area contributed by atoms with Crippen molar-refractivity contribution >= 4 is 12.4 Å². The molecule has 1 aliphatic carbocycles. The maximum atomic E-state index is 12.3. The van der Waals surface area contributed by atoms with Gasteiger partial charge in [-0.05, 0) is 62.0 Å². The Hall–Kier alpha value is -1.84. The number of ether oxygens (including phenoxy) is 1. The average molecular weight is 393 g/mol. The van der Waals surface area contributed by atoms with E-state index in [2.05, 4.69) is 45.0 Å². The molecular formula is C24H40O4. The first-order chi connectivity index (χ1) is 13.5. The number of carbonyl (C=O) groups excluding carboxylic acids is 1. The molecule has 0 heterocycles. The molecule has 0 spiro atoms. The topological polar surface area (TPSA) is 63.6 Å². The zero-order valence-corrected chi connectivity index (χ0v) is 18.5. The molecule has 1 saturated carbocycles. The monoisotopic (exact) mass is 392 g/mol. The van der Waals surface area contributed by atoms with Crippen molar-refractivity contribution in [3.8, 4) is 0 Å². The number of hydrogen-bond donors (Lipinski definition) is 1. The molecule has 1 aromatic carbocycles. The van der Waals surface area contributed by atoms with Crippen LogP contribution in [0.25, 0.3) is 0 Å². The molecule has 1 N–H and O–H groups in total. The lowest BCUT2D eigenvalue weighted by atomic mass is 9.91. The van der Waals surface area contributed by atoms with Crippen molar-refractivity contribution in [2.45, 2.75) is 104 Å². The molecule has 0 radical (unpaired) electrons. The van der Waals surface area contributed by atoms with Gasteiger partial charge in [-0.15, -0.1) is 0 Å². The molecule has 160 valence electrons. The Bertz CT molecular complexity index is 530. The predicted molar refractivity (Wildman–Crippen MR) is 116 cm³/mol. The Morgan fingerprint density at radius 2 is 1.68 bits per heavy atom. The van der Waals surface area contributed by atoms with Crippen LogP contribution in [-0.2, 0) is 20.7 Å². The summed E-state index contributed by atoms with van der Waals surface area (Å²) in [7, 11) is 0. The number of esters is 1. The second kappa shape index (κ2) is 15.1. The van der Waals surface area contributed by atoms with Crippen LogP contribution in [0.2, 0.25) is 0 Å². The van der Waals surface area contributed by atoms with Gasteiger partial charge in [-0.25, -0.2) is 0 Å². The minimum Gasteiger partial charge on any atom is -0.483 e. The second-order valence-electron chi connectivity index (χ2n) is 7.14. The molecule has 0 amide bonds. The van der Waals surface area contributed by atoms with Gasteiger partial charge in [-0.2, -0.15) is 0 Å². The van der Waals surface area contributed by atoms with Crippen LogP contribution in [-0.4, -0.2) is 23.1 Å². The lowest BCUT2D eigenvalue weighted by Gasteiger charge is -2.27. The smallest absolute Gasteiger partial charge is 0.310 e. The van der Waals surface area contributed by atoms with Crippen molar-refractivity contribution in [2.24, 2.45) is 0 Å². The quantitative estimate of drug-likeness (QED) is 0.404. The summed E-state index contributed by atoms with van der Waals surface area (Å²) in [5, 5.41) is 6.89. The highest BCUT2D eigenvalue weighted by Crippen LogP contribution is 2.36.